The molecule has 1 aromatic heterocycles. The summed E-state index contributed by atoms with van der Waals surface area (Å²) in [5.41, 5.74) is 0. The number of nitrogens with one attached hydrogen (secondary N) is 1. The van der Waals surface area contributed by atoms with Crippen LogP contribution in [0.25, 0.3) is 0 Å². The monoisotopic (exact) mass is 145 g/mol. The van der Waals surface area contributed by atoms with Crippen molar-refractivity contribution in [3.05, 3.63) is 11.6 Å². The first kappa shape index (κ1) is 6.22. The Morgan fingerprint density at radius 2 is 2.56 bits per heavy atom. The van der Waals surface area contributed by atoms with E-state index in [1.54, 1.807) is 0 Å². The highest BCUT2D eigenvalue weighted by molar-refractivity contribution is 6.16. The molecule has 4 nitrogen and oxygen atoms in total. The number of carbonyl (C=O) groups is 1. The van der Waals surface area contributed by atoms with Gasteiger partial charge in [-0.2, -0.15) is 5.10 Å². The molecular formula is C4H4ClN3O. The van der Waals surface area contributed by atoms with Gasteiger partial charge in [-0.1, -0.05) is 0 Å². The molecule has 48 valence electrons. The van der Waals surface area contributed by atoms with E-state index in [0.29, 0.717) is 12.1 Å². The highest BCUT2D eigenvalue weighted by Crippen LogP contribution is 1.93. The molecular weight excluding hydrogens is 142 g/mol. The third kappa shape index (κ3) is 1.26. The highest BCUT2D eigenvalue weighted by Gasteiger charge is 1.97. The van der Waals surface area contributed by atoms with Crippen molar-refractivity contribution in [3.8, 4) is 0 Å². The van der Waals surface area contributed by atoms with E-state index in [4.69, 9.17) is 11.6 Å². The molecule has 0 atom stereocenters. The van der Waals surface area contributed by atoms with Crippen molar-refractivity contribution < 1.29 is 4.79 Å². The van der Waals surface area contributed by atoms with Gasteiger partial charge in [0.05, 0.1) is 5.88 Å². The molecule has 0 spiro atoms. The summed E-state index contributed by atoms with van der Waals surface area (Å²) in [6.07, 6.45) is 0.586. The molecule has 5 heteroatoms. The Hall–Kier alpha value is -0.900. The van der Waals surface area contributed by atoms with Gasteiger partial charge in [0.15, 0.2) is 17.9 Å². The lowest BCUT2D eigenvalue weighted by Gasteiger charge is -1.74. The standard InChI is InChI=1S/C4H4ClN3O/c5-1-3-6-4(2-9)8-7-3/h2H,1H2,(H,6,7,8). The lowest BCUT2D eigenvalue weighted by atomic mass is 10.7. The fourth-order valence-electron chi connectivity index (χ4n) is 0.423. The Balaban J connectivity index is 2.86. The largest absolute Gasteiger partial charge is 0.294 e. The molecule has 0 amide bonds. The molecule has 0 aliphatic heterocycles. The van der Waals surface area contributed by atoms with Crippen LogP contribution in [0.3, 0.4) is 0 Å². The van der Waals surface area contributed by atoms with Gasteiger partial charge in [-0.3, -0.25) is 9.89 Å². The van der Waals surface area contributed by atoms with Crippen LogP contribution in [-0.4, -0.2) is 21.5 Å². The molecule has 0 aromatic carbocycles. The van der Waals surface area contributed by atoms with Crippen LogP contribution in [0.15, 0.2) is 0 Å². The van der Waals surface area contributed by atoms with Gasteiger partial charge in [0.25, 0.3) is 0 Å². The average molecular weight is 146 g/mol. The van der Waals surface area contributed by atoms with Crippen LogP contribution < -0.4 is 0 Å². The highest BCUT2D eigenvalue weighted by atomic mass is 35.5. The first-order valence-corrected chi connectivity index (χ1v) is 2.82. The molecule has 0 unspecified atom stereocenters. The van der Waals surface area contributed by atoms with Gasteiger partial charge in [0.1, 0.15) is 0 Å². The Bertz CT molecular complexity index is 209. The van der Waals surface area contributed by atoms with E-state index >= 15 is 0 Å². The first-order chi connectivity index (χ1) is 4.36. The number of nitrogens with zero attached hydrogens (tertiary/aromatic N) is 2. The van der Waals surface area contributed by atoms with Crippen molar-refractivity contribution in [3.63, 3.8) is 0 Å². The Morgan fingerprint density at radius 1 is 1.78 bits per heavy atom. The lowest BCUT2D eigenvalue weighted by Crippen LogP contribution is -1.81. The van der Waals surface area contributed by atoms with Gasteiger partial charge in [-0.15, -0.1) is 11.6 Å². The quantitative estimate of drug-likeness (QED) is 0.483. The predicted molar refractivity (Wildman–Crippen MR) is 31.3 cm³/mol. The Labute approximate surface area is 56.2 Å². The number of halogens is 1. The second kappa shape index (κ2) is 2.59. The summed E-state index contributed by atoms with van der Waals surface area (Å²) in [4.78, 5) is 13.6. The average Bonchev–Trinajstić information content (AvgIpc) is 2.34. The first-order valence-electron chi connectivity index (χ1n) is 2.29. The fourth-order valence-corrected chi connectivity index (χ4v) is 0.543. The number of aromatic amines is 1. The van der Waals surface area contributed by atoms with E-state index in [1.807, 2.05) is 0 Å². The SMILES string of the molecule is O=Cc1nc(CCl)n[nH]1. The van der Waals surface area contributed by atoms with Crippen LogP contribution in [-0.2, 0) is 5.88 Å². The van der Waals surface area contributed by atoms with Crippen LogP contribution >= 0.6 is 11.6 Å². The number of rotatable bonds is 2. The van der Waals surface area contributed by atoms with E-state index < -0.39 is 0 Å². The number of aldehydes is 1. The number of H-pyrrole nitrogens is 1. The molecule has 0 aliphatic rings. The van der Waals surface area contributed by atoms with Gasteiger partial charge in [-0.25, -0.2) is 4.98 Å². The van der Waals surface area contributed by atoms with Crippen molar-refractivity contribution >= 4 is 17.9 Å². The molecule has 0 aliphatic carbocycles. The number of hydrogen-bond donors (Lipinski definition) is 1. The third-order valence-electron chi connectivity index (χ3n) is 0.780. The summed E-state index contributed by atoms with van der Waals surface area (Å²) in [6.45, 7) is 0. The zero-order valence-electron chi connectivity index (χ0n) is 4.47. The number of carbonyl (C=O) groups excluding carboxylic acids is 1. The summed E-state index contributed by atoms with van der Waals surface area (Å²) >= 11 is 5.34. The molecule has 1 rings (SSSR count). The van der Waals surface area contributed by atoms with Crippen molar-refractivity contribution in [2.45, 2.75) is 5.88 Å². The second-order valence-electron chi connectivity index (χ2n) is 1.39. The fraction of sp³-hybridized carbons (Fsp3) is 0.250. The van der Waals surface area contributed by atoms with E-state index in [0.717, 1.165) is 0 Å². The third-order valence-corrected chi connectivity index (χ3v) is 1.02. The maximum absolute atomic E-state index is 9.96. The predicted octanol–water partition coefficient (Wildman–Crippen LogP) is 0.356. The van der Waals surface area contributed by atoms with Gasteiger partial charge in [0, 0.05) is 0 Å². The van der Waals surface area contributed by atoms with Crippen molar-refractivity contribution in [2.24, 2.45) is 0 Å². The van der Waals surface area contributed by atoms with E-state index in [9.17, 15) is 4.79 Å². The van der Waals surface area contributed by atoms with Gasteiger partial charge >= 0.3 is 0 Å². The molecule has 0 radical (unpaired) electrons. The zero-order chi connectivity index (χ0) is 6.69. The molecule has 1 N–H and O–H groups in total. The van der Waals surface area contributed by atoms with E-state index in [-0.39, 0.29) is 11.7 Å². The number of alkyl halides is 1. The molecule has 0 saturated heterocycles. The van der Waals surface area contributed by atoms with Crippen LogP contribution in [0.4, 0.5) is 0 Å². The molecule has 0 bridgehead atoms. The smallest absolute Gasteiger partial charge is 0.188 e. The molecule has 9 heavy (non-hydrogen) atoms. The number of hydrogen-bond acceptors (Lipinski definition) is 3. The van der Waals surface area contributed by atoms with E-state index in [2.05, 4.69) is 15.2 Å². The lowest BCUT2D eigenvalue weighted by molar-refractivity contribution is 0.111. The Morgan fingerprint density at radius 3 is 2.89 bits per heavy atom. The molecule has 0 fully saturated rings. The minimum absolute atomic E-state index is 0.214. The summed E-state index contributed by atoms with van der Waals surface area (Å²) in [5.74, 6) is 0.883. The number of aromatic nitrogens is 3. The maximum atomic E-state index is 9.96. The van der Waals surface area contributed by atoms with Crippen molar-refractivity contribution in [1.82, 2.24) is 15.2 Å². The summed E-state index contributed by atoms with van der Waals surface area (Å²) < 4.78 is 0. The van der Waals surface area contributed by atoms with Gasteiger partial charge < -0.3 is 0 Å². The zero-order valence-corrected chi connectivity index (χ0v) is 5.22. The summed E-state index contributed by atoms with van der Waals surface area (Å²) in [7, 11) is 0. The molecule has 1 heterocycles. The van der Waals surface area contributed by atoms with Crippen LogP contribution in [0, 0.1) is 0 Å². The van der Waals surface area contributed by atoms with Gasteiger partial charge in [0.2, 0.25) is 0 Å². The van der Waals surface area contributed by atoms with Crippen LogP contribution in [0.5, 0.6) is 0 Å². The summed E-state index contributed by atoms with van der Waals surface area (Å²) in [5, 5.41) is 6.00. The van der Waals surface area contributed by atoms with Crippen LogP contribution in [0.2, 0.25) is 0 Å². The maximum Gasteiger partial charge on any atom is 0.188 e. The second-order valence-corrected chi connectivity index (χ2v) is 1.66. The minimum atomic E-state index is 0.214. The molecule has 0 saturated carbocycles. The van der Waals surface area contributed by atoms with E-state index in [1.165, 1.54) is 0 Å². The van der Waals surface area contributed by atoms with Crippen molar-refractivity contribution in [2.75, 3.05) is 0 Å². The Kier molecular flexibility index (Phi) is 1.79. The minimum Gasteiger partial charge on any atom is -0.294 e. The summed E-state index contributed by atoms with van der Waals surface area (Å²) in [6, 6.07) is 0. The molecule has 1 aromatic rings. The van der Waals surface area contributed by atoms with Crippen LogP contribution in [0.1, 0.15) is 16.4 Å². The van der Waals surface area contributed by atoms with Crippen molar-refractivity contribution in [1.29, 1.82) is 0 Å². The van der Waals surface area contributed by atoms with Gasteiger partial charge in [-0.05, 0) is 0 Å². The normalized spacial score (nSPS) is 9.44. The topological polar surface area (TPSA) is 58.6 Å².